The minimum atomic E-state index is 0.0327. The molecule has 0 aliphatic rings. The number of methoxy groups -OCH3 is 1. The number of ether oxygens (including phenoxy) is 1. The lowest BCUT2D eigenvalue weighted by molar-refractivity contribution is -0.118. The van der Waals surface area contributed by atoms with E-state index < -0.39 is 0 Å². The third-order valence-electron chi connectivity index (χ3n) is 3.68. The Hall–Kier alpha value is -2.31. The number of amides is 1. The van der Waals surface area contributed by atoms with Crippen LogP contribution in [-0.4, -0.2) is 30.3 Å². The van der Waals surface area contributed by atoms with Crippen LogP contribution in [0.15, 0.2) is 66.6 Å². The molecule has 0 saturated heterocycles. The van der Waals surface area contributed by atoms with Crippen LogP contribution in [0.3, 0.4) is 0 Å². The van der Waals surface area contributed by atoms with Crippen LogP contribution < -0.4 is 10.1 Å². The van der Waals surface area contributed by atoms with Crippen molar-refractivity contribution in [2.75, 3.05) is 19.4 Å². The van der Waals surface area contributed by atoms with Gasteiger partial charge in [-0.1, -0.05) is 43.5 Å². The van der Waals surface area contributed by atoms with Crippen LogP contribution in [0.1, 0.15) is 12.1 Å². The lowest BCUT2D eigenvalue weighted by Crippen LogP contribution is -2.26. The predicted octanol–water partition coefficient (Wildman–Crippen LogP) is 4.86. The van der Waals surface area contributed by atoms with Gasteiger partial charge in [-0.3, -0.25) is 4.79 Å². The quantitative estimate of drug-likeness (QED) is 0.548. The van der Waals surface area contributed by atoms with E-state index in [1.54, 1.807) is 42.4 Å². The fourth-order valence-corrected chi connectivity index (χ4v) is 3.98. The van der Waals surface area contributed by atoms with E-state index in [4.69, 9.17) is 4.74 Å². The van der Waals surface area contributed by atoms with Crippen LogP contribution in [0.25, 0.3) is 10.6 Å². The van der Waals surface area contributed by atoms with Crippen LogP contribution in [0.5, 0.6) is 5.75 Å². The molecular weight excluding hydrogens is 376 g/mol. The topological polar surface area (TPSA) is 51.2 Å². The average Bonchev–Trinajstić information content (AvgIpc) is 3.16. The van der Waals surface area contributed by atoms with Gasteiger partial charge in [0.25, 0.3) is 0 Å². The van der Waals surface area contributed by atoms with E-state index in [1.165, 1.54) is 0 Å². The van der Waals surface area contributed by atoms with Crippen molar-refractivity contribution in [3.63, 3.8) is 0 Å². The van der Waals surface area contributed by atoms with Gasteiger partial charge in [-0.15, -0.1) is 23.1 Å². The summed E-state index contributed by atoms with van der Waals surface area (Å²) in [6.07, 6.45) is 6.16. The van der Waals surface area contributed by atoms with Gasteiger partial charge in [0.2, 0.25) is 5.91 Å². The number of thioether (sulfide) groups is 1. The molecule has 142 valence electrons. The second-order valence-electron chi connectivity index (χ2n) is 5.65. The molecule has 27 heavy (non-hydrogen) atoms. The van der Waals surface area contributed by atoms with Gasteiger partial charge in [0.15, 0.2) is 0 Å². The van der Waals surface area contributed by atoms with E-state index >= 15 is 0 Å². The summed E-state index contributed by atoms with van der Waals surface area (Å²) < 4.78 is 5.26. The predicted molar refractivity (Wildman–Crippen MR) is 116 cm³/mol. The number of benzene rings is 1. The fourth-order valence-electron chi connectivity index (χ4n) is 2.31. The lowest BCUT2D eigenvalue weighted by Gasteiger charge is -2.05. The molecule has 1 heterocycles. The van der Waals surface area contributed by atoms with Crippen molar-refractivity contribution in [2.45, 2.75) is 12.2 Å². The van der Waals surface area contributed by atoms with E-state index in [1.807, 2.05) is 35.7 Å². The minimum absolute atomic E-state index is 0.0327. The van der Waals surface area contributed by atoms with Gasteiger partial charge in [-0.25, -0.2) is 4.98 Å². The van der Waals surface area contributed by atoms with Gasteiger partial charge in [0.1, 0.15) is 10.8 Å². The smallest absolute Gasteiger partial charge is 0.230 e. The molecule has 2 rings (SSSR count). The monoisotopic (exact) mass is 400 g/mol. The first-order valence-corrected chi connectivity index (χ1v) is 10.6. The molecule has 6 heteroatoms. The Balaban J connectivity index is 1.75. The Kier molecular flexibility index (Phi) is 8.87. The Morgan fingerprint density at radius 3 is 3.00 bits per heavy atom. The van der Waals surface area contributed by atoms with Crippen LogP contribution in [-0.2, 0) is 10.5 Å². The van der Waals surface area contributed by atoms with Crippen molar-refractivity contribution in [3.05, 3.63) is 72.3 Å². The molecule has 0 radical (unpaired) electrons. The molecule has 0 atom stereocenters. The normalized spacial score (nSPS) is 11.1. The number of hydrogen-bond acceptors (Lipinski definition) is 5. The van der Waals surface area contributed by atoms with Crippen LogP contribution in [0.2, 0.25) is 0 Å². The van der Waals surface area contributed by atoms with Crippen LogP contribution in [0, 0.1) is 0 Å². The number of carbonyl (C=O) groups is 1. The summed E-state index contributed by atoms with van der Waals surface area (Å²) in [6, 6.07) is 7.86. The van der Waals surface area contributed by atoms with Gasteiger partial charge in [0.05, 0.1) is 18.6 Å². The summed E-state index contributed by atoms with van der Waals surface area (Å²) in [5.74, 6) is 1.98. The highest BCUT2D eigenvalue weighted by molar-refractivity contribution is 7.99. The molecular formula is C21H24N2O2S2. The number of nitrogens with zero attached hydrogens (tertiary/aromatic N) is 1. The van der Waals surface area contributed by atoms with E-state index in [0.717, 1.165) is 34.0 Å². The van der Waals surface area contributed by atoms with Crippen molar-refractivity contribution < 1.29 is 9.53 Å². The number of nitrogens with one attached hydrogen (secondary N) is 1. The second-order valence-corrected chi connectivity index (χ2v) is 7.49. The third kappa shape index (κ3) is 7.07. The van der Waals surface area contributed by atoms with Gasteiger partial charge in [-0.05, 0) is 24.1 Å². The molecule has 0 unspecified atom stereocenters. The molecule has 0 aliphatic carbocycles. The number of carbonyl (C=O) groups excluding carboxylic acids is 1. The van der Waals surface area contributed by atoms with Gasteiger partial charge in [0, 0.05) is 23.2 Å². The van der Waals surface area contributed by atoms with Crippen LogP contribution in [0.4, 0.5) is 0 Å². The van der Waals surface area contributed by atoms with E-state index in [0.29, 0.717) is 18.1 Å². The summed E-state index contributed by atoms with van der Waals surface area (Å²) in [5, 5.41) is 5.92. The zero-order valence-electron chi connectivity index (χ0n) is 15.4. The maximum Gasteiger partial charge on any atom is 0.230 e. The number of hydrogen-bond donors (Lipinski definition) is 1. The molecule has 1 amide bonds. The molecule has 0 fully saturated rings. The van der Waals surface area contributed by atoms with Gasteiger partial charge in [-0.2, -0.15) is 0 Å². The zero-order valence-corrected chi connectivity index (χ0v) is 17.1. The summed E-state index contributed by atoms with van der Waals surface area (Å²) in [6.45, 7) is 8.01. The van der Waals surface area contributed by atoms with Crippen molar-refractivity contribution in [1.29, 1.82) is 0 Å². The third-order valence-corrected chi connectivity index (χ3v) is 5.59. The van der Waals surface area contributed by atoms with Gasteiger partial charge >= 0.3 is 0 Å². The first kappa shape index (κ1) is 21.0. The summed E-state index contributed by atoms with van der Waals surface area (Å²) in [7, 11) is 1.65. The second kappa shape index (κ2) is 11.4. The highest BCUT2D eigenvalue weighted by atomic mass is 32.2. The highest BCUT2D eigenvalue weighted by Crippen LogP contribution is 2.28. The fraction of sp³-hybridized carbons (Fsp3) is 0.238. The van der Waals surface area contributed by atoms with Gasteiger partial charge < -0.3 is 10.1 Å². The SMILES string of the molecule is C=C/C=C(\C=C)CCNC(=O)CSCc1csc(-c2cccc(OC)c2)n1. The Bertz CT molecular complexity index is 812. The summed E-state index contributed by atoms with van der Waals surface area (Å²) in [4.78, 5) is 16.6. The van der Waals surface area contributed by atoms with E-state index in [9.17, 15) is 4.79 Å². The minimum Gasteiger partial charge on any atom is -0.497 e. The number of aromatic nitrogens is 1. The largest absolute Gasteiger partial charge is 0.497 e. The maximum atomic E-state index is 11.9. The molecule has 0 bridgehead atoms. The van der Waals surface area contributed by atoms with E-state index in [-0.39, 0.29) is 5.91 Å². The number of allylic oxidation sites excluding steroid dienone is 3. The molecule has 0 aliphatic heterocycles. The lowest BCUT2D eigenvalue weighted by atomic mass is 10.2. The zero-order chi connectivity index (χ0) is 19.5. The summed E-state index contributed by atoms with van der Waals surface area (Å²) >= 11 is 3.16. The van der Waals surface area contributed by atoms with Crippen molar-refractivity contribution in [3.8, 4) is 16.3 Å². The molecule has 4 nitrogen and oxygen atoms in total. The average molecular weight is 401 g/mol. The maximum absolute atomic E-state index is 11.9. The Morgan fingerprint density at radius 1 is 1.41 bits per heavy atom. The molecule has 1 N–H and O–H groups in total. The number of rotatable bonds is 11. The standard InChI is InChI=1S/C21H24N2O2S2/c1-4-7-16(5-2)10-11-22-20(24)15-26-13-18-14-27-21(23-18)17-8-6-9-19(12-17)25-3/h4-9,12,14H,1-2,10-11,13,15H2,3H3,(H,22,24)/b16-7+. The highest BCUT2D eigenvalue weighted by Gasteiger charge is 2.07. The summed E-state index contributed by atoms with van der Waals surface area (Å²) in [5.41, 5.74) is 3.09. The first-order valence-electron chi connectivity index (χ1n) is 8.53. The Labute approximate surface area is 169 Å². The van der Waals surface area contributed by atoms with Crippen molar-refractivity contribution in [1.82, 2.24) is 10.3 Å². The van der Waals surface area contributed by atoms with E-state index in [2.05, 4.69) is 23.5 Å². The molecule has 1 aromatic heterocycles. The Morgan fingerprint density at radius 2 is 2.26 bits per heavy atom. The number of thiazole rings is 1. The van der Waals surface area contributed by atoms with Crippen LogP contribution >= 0.6 is 23.1 Å². The first-order chi connectivity index (χ1) is 13.2. The van der Waals surface area contributed by atoms with Crippen molar-refractivity contribution >= 4 is 29.0 Å². The molecule has 2 aromatic rings. The van der Waals surface area contributed by atoms with Crippen molar-refractivity contribution in [2.24, 2.45) is 0 Å². The molecule has 1 aromatic carbocycles. The molecule has 0 saturated carbocycles. The molecule has 0 spiro atoms.